The van der Waals surface area contributed by atoms with Gasteiger partial charge in [-0.15, -0.1) is 11.3 Å². The molecule has 0 fully saturated rings. The van der Waals surface area contributed by atoms with Crippen LogP contribution in [0.3, 0.4) is 0 Å². The van der Waals surface area contributed by atoms with Gasteiger partial charge in [-0.2, -0.15) is 5.10 Å². The zero-order valence-corrected chi connectivity index (χ0v) is 17.2. The van der Waals surface area contributed by atoms with Gasteiger partial charge in [-0.05, 0) is 13.3 Å². The Hall–Kier alpha value is -1.96. The molecule has 0 radical (unpaired) electrons. The number of nitrogens with one attached hydrogen (secondary N) is 2. The van der Waals surface area contributed by atoms with Crippen molar-refractivity contribution in [2.24, 2.45) is 4.99 Å². The number of aryl methyl sites for hydroxylation is 2. The van der Waals surface area contributed by atoms with Crippen LogP contribution in [0.4, 0.5) is 0 Å². The molecule has 3 rings (SSSR count). The number of nitrogens with zero attached hydrogens (tertiary/aromatic N) is 5. The van der Waals surface area contributed by atoms with Gasteiger partial charge >= 0.3 is 0 Å². The molecule has 1 unspecified atom stereocenters. The van der Waals surface area contributed by atoms with E-state index in [0.29, 0.717) is 6.04 Å². The summed E-state index contributed by atoms with van der Waals surface area (Å²) in [6.45, 7) is 10.2. The van der Waals surface area contributed by atoms with Crippen LogP contribution >= 0.6 is 11.3 Å². The molecule has 7 nitrogen and oxygen atoms in total. The van der Waals surface area contributed by atoms with E-state index in [4.69, 9.17) is 4.98 Å². The molecule has 1 aliphatic rings. The van der Waals surface area contributed by atoms with E-state index in [1.807, 2.05) is 18.7 Å². The van der Waals surface area contributed by atoms with Crippen molar-refractivity contribution in [3.8, 4) is 0 Å². The molecule has 2 N–H and O–H groups in total. The molecule has 1 atom stereocenters. The molecule has 0 saturated heterocycles. The van der Waals surface area contributed by atoms with E-state index in [1.165, 1.54) is 10.7 Å². The molecular formula is C18H29N7S. The van der Waals surface area contributed by atoms with Gasteiger partial charge in [-0.1, -0.05) is 20.8 Å². The number of guanidine groups is 1. The minimum absolute atomic E-state index is 0.110. The summed E-state index contributed by atoms with van der Waals surface area (Å²) in [7, 11) is 1.81. The third-order valence-corrected chi connectivity index (χ3v) is 5.39. The first-order valence-corrected chi connectivity index (χ1v) is 10.1. The van der Waals surface area contributed by atoms with Crippen LogP contribution in [0.15, 0.2) is 10.4 Å². The van der Waals surface area contributed by atoms with E-state index >= 15 is 0 Å². The van der Waals surface area contributed by atoms with Gasteiger partial charge in [0.2, 0.25) is 0 Å². The van der Waals surface area contributed by atoms with Gasteiger partial charge in [0.05, 0.1) is 17.2 Å². The number of rotatable bonds is 4. The van der Waals surface area contributed by atoms with Crippen molar-refractivity contribution in [1.82, 2.24) is 30.4 Å². The highest BCUT2D eigenvalue weighted by molar-refractivity contribution is 7.09. The van der Waals surface area contributed by atoms with E-state index in [1.54, 1.807) is 11.3 Å². The third kappa shape index (κ3) is 4.60. The number of hydrogen-bond donors (Lipinski definition) is 2. The lowest BCUT2D eigenvalue weighted by molar-refractivity contribution is 0.392. The van der Waals surface area contributed by atoms with Gasteiger partial charge in [0.15, 0.2) is 5.96 Å². The predicted octanol–water partition coefficient (Wildman–Crippen LogP) is 2.06. The average Bonchev–Trinajstić information content (AvgIpc) is 3.18. The van der Waals surface area contributed by atoms with Crippen molar-refractivity contribution < 1.29 is 0 Å². The minimum atomic E-state index is 0.110. The van der Waals surface area contributed by atoms with Crippen molar-refractivity contribution >= 4 is 17.3 Å². The maximum atomic E-state index is 4.75. The summed E-state index contributed by atoms with van der Waals surface area (Å²) in [5, 5.41) is 14.7. The Kier molecular flexibility index (Phi) is 5.60. The highest BCUT2D eigenvalue weighted by atomic mass is 32.1. The highest BCUT2D eigenvalue weighted by Crippen LogP contribution is 2.23. The Morgan fingerprint density at radius 1 is 1.38 bits per heavy atom. The quantitative estimate of drug-likeness (QED) is 0.632. The lowest BCUT2D eigenvalue weighted by Gasteiger charge is -2.25. The Balaban J connectivity index is 1.47. The summed E-state index contributed by atoms with van der Waals surface area (Å²) in [6, 6.07) is 0.321. The van der Waals surface area contributed by atoms with E-state index in [9.17, 15) is 0 Å². The molecule has 0 aliphatic carbocycles. The molecule has 142 valence electrons. The molecule has 0 aromatic carbocycles. The topological polar surface area (TPSA) is 80.0 Å². The number of aromatic nitrogens is 4. The van der Waals surface area contributed by atoms with Crippen LogP contribution < -0.4 is 10.6 Å². The molecule has 0 bridgehead atoms. The zero-order chi connectivity index (χ0) is 18.7. The van der Waals surface area contributed by atoms with Crippen molar-refractivity contribution in [3.63, 3.8) is 0 Å². The predicted molar refractivity (Wildman–Crippen MR) is 106 cm³/mol. The summed E-state index contributed by atoms with van der Waals surface area (Å²) < 4.78 is 2.01. The maximum absolute atomic E-state index is 4.75. The van der Waals surface area contributed by atoms with Crippen molar-refractivity contribution in [1.29, 1.82) is 0 Å². The molecule has 1 aliphatic heterocycles. The second-order valence-corrected chi connectivity index (χ2v) is 8.71. The Labute approximate surface area is 159 Å². The number of aliphatic imine (C=N–C) groups is 1. The lowest BCUT2D eigenvalue weighted by Crippen LogP contribution is -2.47. The largest absolute Gasteiger partial charge is 0.356 e. The van der Waals surface area contributed by atoms with E-state index in [0.717, 1.165) is 50.0 Å². The van der Waals surface area contributed by atoms with Gasteiger partial charge in [0.25, 0.3) is 0 Å². The van der Waals surface area contributed by atoms with Crippen LogP contribution in [0.1, 0.15) is 49.5 Å². The normalized spacial score (nSPS) is 17.9. The Morgan fingerprint density at radius 2 is 2.19 bits per heavy atom. The fourth-order valence-corrected chi connectivity index (χ4v) is 4.02. The van der Waals surface area contributed by atoms with Gasteiger partial charge in [-0.3, -0.25) is 4.99 Å². The standard InChI is InChI=1S/C18H29N7S/c1-12-21-15-7-6-13(10-25(15)24-12)22-17(19-5)20-9-8-16-23-14(11-26-16)18(2,3)4/h11,13H,6-10H2,1-5H3,(H2,19,20,22). The van der Waals surface area contributed by atoms with Crippen LogP contribution in [0.5, 0.6) is 0 Å². The fourth-order valence-electron chi connectivity index (χ4n) is 3.00. The van der Waals surface area contributed by atoms with Crippen LogP contribution in [-0.4, -0.2) is 45.3 Å². The molecule has 26 heavy (non-hydrogen) atoms. The molecule has 2 aromatic rings. The van der Waals surface area contributed by atoms with Crippen molar-refractivity contribution in [2.45, 2.75) is 65.0 Å². The first-order chi connectivity index (χ1) is 12.3. The molecular weight excluding hydrogens is 346 g/mol. The van der Waals surface area contributed by atoms with Gasteiger partial charge in [0, 0.05) is 43.3 Å². The van der Waals surface area contributed by atoms with E-state index in [-0.39, 0.29) is 5.41 Å². The second kappa shape index (κ2) is 7.73. The van der Waals surface area contributed by atoms with Gasteiger partial charge in [0.1, 0.15) is 11.6 Å². The highest BCUT2D eigenvalue weighted by Gasteiger charge is 2.21. The summed E-state index contributed by atoms with van der Waals surface area (Å²) >= 11 is 1.74. The summed E-state index contributed by atoms with van der Waals surface area (Å²) in [5.41, 5.74) is 1.28. The third-order valence-electron chi connectivity index (χ3n) is 4.48. The fraction of sp³-hybridized carbons (Fsp3) is 0.667. The number of hydrogen-bond acceptors (Lipinski definition) is 5. The van der Waals surface area contributed by atoms with Gasteiger partial charge < -0.3 is 10.6 Å². The zero-order valence-electron chi connectivity index (χ0n) is 16.3. The smallest absolute Gasteiger partial charge is 0.191 e. The molecule has 0 spiro atoms. The summed E-state index contributed by atoms with van der Waals surface area (Å²) in [4.78, 5) is 13.6. The summed E-state index contributed by atoms with van der Waals surface area (Å²) in [6.07, 6.45) is 2.89. The van der Waals surface area contributed by atoms with Crippen LogP contribution in [-0.2, 0) is 24.8 Å². The average molecular weight is 376 g/mol. The lowest BCUT2D eigenvalue weighted by atomic mass is 9.93. The van der Waals surface area contributed by atoms with Crippen molar-refractivity contribution in [2.75, 3.05) is 13.6 Å². The van der Waals surface area contributed by atoms with E-state index in [2.05, 4.69) is 51.9 Å². The molecule has 8 heteroatoms. The summed E-state index contributed by atoms with van der Waals surface area (Å²) in [5.74, 6) is 2.77. The Morgan fingerprint density at radius 3 is 2.88 bits per heavy atom. The maximum Gasteiger partial charge on any atom is 0.191 e. The van der Waals surface area contributed by atoms with Crippen LogP contribution in [0, 0.1) is 6.92 Å². The molecule has 0 amide bonds. The number of thiazole rings is 1. The molecule has 3 heterocycles. The minimum Gasteiger partial charge on any atom is -0.356 e. The second-order valence-electron chi connectivity index (χ2n) is 7.76. The van der Waals surface area contributed by atoms with Gasteiger partial charge in [-0.25, -0.2) is 14.6 Å². The monoisotopic (exact) mass is 375 g/mol. The number of fused-ring (bicyclic) bond motifs is 1. The first kappa shape index (κ1) is 18.8. The van der Waals surface area contributed by atoms with Crippen LogP contribution in [0.2, 0.25) is 0 Å². The molecule has 2 aromatic heterocycles. The van der Waals surface area contributed by atoms with Crippen molar-refractivity contribution in [3.05, 3.63) is 27.7 Å². The SMILES string of the molecule is CN=C(NCCc1nc(C(C)(C)C)cs1)NC1CCc2nc(C)nn2C1. The Bertz CT molecular complexity index is 769. The first-order valence-electron chi connectivity index (χ1n) is 9.17. The molecule has 0 saturated carbocycles. The van der Waals surface area contributed by atoms with Crippen LogP contribution in [0.25, 0.3) is 0 Å². The van der Waals surface area contributed by atoms with E-state index < -0.39 is 0 Å².